The first-order chi connectivity index (χ1) is 15.0. The van der Waals surface area contributed by atoms with E-state index in [9.17, 15) is 9.59 Å². The molecule has 1 N–H and O–H groups in total. The summed E-state index contributed by atoms with van der Waals surface area (Å²) in [7, 11) is 3.06. The number of hydrogen-bond acceptors (Lipinski definition) is 5. The van der Waals surface area contributed by atoms with Crippen LogP contribution in [0.1, 0.15) is 47.1 Å². The van der Waals surface area contributed by atoms with Crippen LogP contribution in [0.25, 0.3) is 0 Å². The number of esters is 1. The second-order valence-corrected chi connectivity index (χ2v) is 9.08. The minimum Gasteiger partial charge on any atom is -0.469 e. The summed E-state index contributed by atoms with van der Waals surface area (Å²) < 4.78 is 15.9. The number of carbonyl (C=O) groups excluding carboxylic acids is 2. The molecule has 0 unspecified atom stereocenters. The highest BCUT2D eigenvalue weighted by Crippen LogP contribution is 2.18. The highest BCUT2D eigenvalue weighted by atomic mass is 16.6. The van der Waals surface area contributed by atoms with Gasteiger partial charge in [0, 0.05) is 13.0 Å². The van der Waals surface area contributed by atoms with Gasteiger partial charge in [0.2, 0.25) is 0 Å². The lowest BCUT2D eigenvalue weighted by Crippen LogP contribution is -2.43. The largest absolute Gasteiger partial charge is 0.469 e. The van der Waals surface area contributed by atoms with Crippen LogP contribution >= 0.6 is 0 Å². The molecule has 6 nitrogen and oxygen atoms in total. The van der Waals surface area contributed by atoms with E-state index < -0.39 is 29.6 Å². The van der Waals surface area contributed by atoms with Gasteiger partial charge in [-0.1, -0.05) is 61.1 Å². The quantitative estimate of drug-likeness (QED) is 0.401. The van der Waals surface area contributed by atoms with Crippen LogP contribution in [0.4, 0.5) is 4.79 Å². The van der Waals surface area contributed by atoms with Crippen molar-refractivity contribution in [1.82, 2.24) is 5.32 Å². The highest BCUT2D eigenvalue weighted by Gasteiger charge is 2.26. The van der Waals surface area contributed by atoms with Gasteiger partial charge in [-0.3, -0.25) is 4.79 Å². The van der Waals surface area contributed by atoms with Crippen molar-refractivity contribution < 1.29 is 23.8 Å². The van der Waals surface area contributed by atoms with E-state index >= 15 is 0 Å². The number of nitrogens with one attached hydrogen (secondary N) is 1. The Balaban J connectivity index is 2.92. The number of amides is 1. The molecular formula is C26H39NO5. The predicted molar refractivity (Wildman–Crippen MR) is 127 cm³/mol. The van der Waals surface area contributed by atoms with Crippen molar-refractivity contribution in [3.05, 3.63) is 59.7 Å². The zero-order chi connectivity index (χ0) is 24.3. The average molecular weight is 446 g/mol. The monoisotopic (exact) mass is 445 g/mol. The molecule has 0 bridgehead atoms. The molecule has 0 spiro atoms. The Kier molecular flexibility index (Phi) is 11.2. The molecule has 0 aliphatic heterocycles. The first kappa shape index (κ1) is 27.4. The molecule has 1 aromatic carbocycles. The lowest BCUT2D eigenvalue weighted by atomic mass is 9.95. The molecule has 178 valence electrons. The molecule has 0 saturated heterocycles. The number of rotatable bonds is 10. The molecule has 4 atom stereocenters. The minimum atomic E-state index is -0.633. The number of carbonyl (C=O) groups is 2. The molecule has 1 aromatic rings. The van der Waals surface area contributed by atoms with Gasteiger partial charge in [0.1, 0.15) is 5.60 Å². The molecule has 0 aliphatic rings. The third-order valence-electron chi connectivity index (χ3n) is 5.06. The normalized spacial score (nSPS) is 16.2. The zero-order valence-corrected chi connectivity index (χ0v) is 20.7. The third kappa shape index (κ3) is 10.1. The smallest absolute Gasteiger partial charge is 0.408 e. The van der Waals surface area contributed by atoms with E-state index in [4.69, 9.17) is 14.2 Å². The van der Waals surface area contributed by atoms with Gasteiger partial charge in [-0.2, -0.15) is 0 Å². The fraction of sp³-hybridized carbons (Fsp3) is 0.538. The molecule has 0 aliphatic carbocycles. The summed E-state index contributed by atoms with van der Waals surface area (Å²) in [4.78, 5) is 24.3. The van der Waals surface area contributed by atoms with E-state index in [1.54, 1.807) is 40.9 Å². The van der Waals surface area contributed by atoms with Crippen molar-refractivity contribution in [3.8, 4) is 0 Å². The summed E-state index contributed by atoms with van der Waals surface area (Å²) in [5.41, 5.74) is 1.59. The van der Waals surface area contributed by atoms with E-state index in [0.717, 1.165) is 12.0 Å². The van der Waals surface area contributed by atoms with E-state index in [1.165, 1.54) is 12.7 Å². The van der Waals surface area contributed by atoms with Gasteiger partial charge < -0.3 is 19.5 Å². The summed E-state index contributed by atoms with van der Waals surface area (Å²) in [6.45, 7) is 11.2. The standard InChI is InChI=1S/C26H39NO5/c1-18(16-19(2)23(30-7)17-21-12-10-9-11-13-21)14-15-22(20(3)24(28)31-8)27-25(29)32-26(4,5)6/h9-16,19-20,22-23H,17H2,1-8H3,(H,27,29)/b15-14+,18-16+/t19-,20-,22-,23-/m0/s1. The molecule has 0 heterocycles. The maximum absolute atomic E-state index is 12.3. The third-order valence-corrected chi connectivity index (χ3v) is 5.06. The Bertz CT molecular complexity index is 779. The second kappa shape index (κ2) is 13.1. The van der Waals surface area contributed by atoms with E-state index in [0.29, 0.717) is 0 Å². The summed E-state index contributed by atoms with van der Waals surface area (Å²) in [5.74, 6) is -0.813. The van der Waals surface area contributed by atoms with Crippen LogP contribution in [0.3, 0.4) is 0 Å². The van der Waals surface area contributed by atoms with Crippen LogP contribution in [-0.4, -0.2) is 44.0 Å². The lowest BCUT2D eigenvalue weighted by molar-refractivity contribution is -0.145. The number of allylic oxidation sites excluding steroid dienone is 2. The minimum absolute atomic E-state index is 0.0328. The molecule has 0 radical (unpaired) electrons. The lowest BCUT2D eigenvalue weighted by Gasteiger charge is -2.24. The predicted octanol–water partition coefficient (Wildman–Crippen LogP) is 5.09. The number of methoxy groups -OCH3 is 2. The summed E-state index contributed by atoms with van der Waals surface area (Å²) >= 11 is 0. The van der Waals surface area contributed by atoms with Gasteiger partial charge in [0.15, 0.2) is 0 Å². The van der Waals surface area contributed by atoms with Crippen LogP contribution in [-0.2, 0) is 25.4 Å². The number of benzene rings is 1. The fourth-order valence-corrected chi connectivity index (χ4v) is 3.28. The highest BCUT2D eigenvalue weighted by molar-refractivity contribution is 5.75. The van der Waals surface area contributed by atoms with E-state index in [1.807, 2.05) is 31.2 Å². The van der Waals surface area contributed by atoms with Crippen molar-refractivity contribution in [3.63, 3.8) is 0 Å². The van der Waals surface area contributed by atoms with Gasteiger partial charge in [-0.05, 0) is 46.6 Å². The van der Waals surface area contributed by atoms with Crippen molar-refractivity contribution >= 4 is 12.1 Å². The Morgan fingerprint density at radius 2 is 1.72 bits per heavy atom. The van der Waals surface area contributed by atoms with E-state index in [2.05, 4.69) is 30.4 Å². The van der Waals surface area contributed by atoms with Crippen LogP contribution < -0.4 is 5.32 Å². The van der Waals surface area contributed by atoms with Crippen molar-refractivity contribution in [2.45, 2.75) is 65.7 Å². The Morgan fingerprint density at radius 1 is 1.09 bits per heavy atom. The van der Waals surface area contributed by atoms with Crippen LogP contribution in [0.5, 0.6) is 0 Å². The summed E-state index contributed by atoms with van der Waals surface area (Å²) in [6, 6.07) is 9.67. The fourth-order valence-electron chi connectivity index (χ4n) is 3.28. The van der Waals surface area contributed by atoms with Gasteiger partial charge in [0.05, 0.1) is 25.2 Å². The van der Waals surface area contributed by atoms with Crippen molar-refractivity contribution in [2.24, 2.45) is 11.8 Å². The average Bonchev–Trinajstić information content (AvgIpc) is 2.73. The number of ether oxygens (including phenoxy) is 3. The SMILES string of the molecule is COC(=O)[C@@H](C)[C@H](/C=C/C(C)=C/[C@H](C)[C@H](Cc1ccccc1)OC)NC(=O)OC(C)(C)C. The van der Waals surface area contributed by atoms with Crippen LogP contribution in [0.15, 0.2) is 54.1 Å². The van der Waals surface area contributed by atoms with Crippen LogP contribution in [0, 0.1) is 11.8 Å². The van der Waals surface area contributed by atoms with E-state index in [-0.39, 0.29) is 12.0 Å². The first-order valence-electron chi connectivity index (χ1n) is 11.0. The number of alkyl carbamates (subject to hydrolysis) is 1. The zero-order valence-electron chi connectivity index (χ0n) is 20.7. The van der Waals surface area contributed by atoms with Gasteiger partial charge >= 0.3 is 12.1 Å². The van der Waals surface area contributed by atoms with Crippen molar-refractivity contribution in [1.29, 1.82) is 0 Å². The Morgan fingerprint density at radius 3 is 2.25 bits per heavy atom. The molecule has 0 fully saturated rings. The molecule has 0 saturated carbocycles. The van der Waals surface area contributed by atoms with Gasteiger partial charge in [-0.15, -0.1) is 0 Å². The molecule has 1 amide bonds. The maximum Gasteiger partial charge on any atom is 0.408 e. The second-order valence-electron chi connectivity index (χ2n) is 9.08. The van der Waals surface area contributed by atoms with Crippen molar-refractivity contribution in [2.75, 3.05) is 14.2 Å². The van der Waals surface area contributed by atoms with Gasteiger partial charge in [-0.25, -0.2) is 4.79 Å². The Labute approximate surface area is 193 Å². The summed E-state index contributed by atoms with van der Waals surface area (Å²) in [6.07, 6.45) is 6.08. The van der Waals surface area contributed by atoms with Gasteiger partial charge in [0.25, 0.3) is 0 Å². The number of hydrogen-bond donors (Lipinski definition) is 1. The summed E-state index contributed by atoms with van der Waals surface area (Å²) in [5, 5.41) is 2.76. The van der Waals surface area contributed by atoms with Crippen LogP contribution in [0.2, 0.25) is 0 Å². The molecule has 32 heavy (non-hydrogen) atoms. The molecule has 0 aromatic heterocycles. The first-order valence-corrected chi connectivity index (χ1v) is 11.0. The molecular weight excluding hydrogens is 406 g/mol. The molecule has 6 heteroatoms. The Hall–Kier alpha value is -2.60. The molecule has 1 rings (SSSR count). The maximum atomic E-state index is 12.3. The topological polar surface area (TPSA) is 73.9 Å².